The van der Waals surface area contributed by atoms with Gasteiger partial charge in [-0.05, 0) is 69.6 Å². The fourth-order valence-electron chi connectivity index (χ4n) is 4.38. The lowest BCUT2D eigenvalue weighted by Gasteiger charge is -2.16. The summed E-state index contributed by atoms with van der Waals surface area (Å²) < 4.78 is 44.3. The molecule has 0 saturated carbocycles. The van der Waals surface area contributed by atoms with Gasteiger partial charge in [-0.2, -0.15) is 0 Å². The van der Waals surface area contributed by atoms with E-state index < -0.39 is 10.0 Å². The van der Waals surface area contributed by atoms with Crippen molar-refractivity contribution in [3.63, 3.8) is 0 Å². The quantitative estimate of drug-likeness (QED) is 0.266. The highest BCUT2D eigenvalue weighted by atomic mass is 32.2. The van der Waals surface area contributed by atoms with Crippen LogP contribution in [0.5, 0.6) is 11.5 Å². The number of sulfonamides is 1. The molecule has 0 aliphatic carbocycles. The number of fused-ring (bicyclic) bond motifs is 1. The van der Waals surface area contributed by atoms with Gasteiger partial charge in [-0.3, -0.25) is 4.72 Å². The lowest BCUT2D eigenvalue weighted by Crippen LogP contribution is -2.21. The van der Waals surface area contributed by atoms with E-state index in [-0.39, 0.29) is 10.7 Å². The van der Waals surface area contributed by atoms with Crippen molar-refractivity contribution in [2.45, 2.75) is 31.1 Å². The molecule has 4 aromatic rings. The maximum atomic E-state index is 12.7. The number of benzene rings is 2. The third kappa shape index (κ3) is 5.97. The molecule has 1 fully saturated rings. The summed E-state index contributed by atoms with van der Waals surface area (Å²) in [4.78, 5) is 11.3. The Labute approximate surface area is 221 Å². The minimum Gasteiger partial charge on any atom is -0.493 e. The van der Waals surface area contributed by atoms with Crippen molar-refractivity contribution in [1.29, 1.82) is 0 Å². The molecule has 0 radical (unpaired) electrons. The summed E-state index contributed by atoms with van der Waals surface area (Å²) in [5.74, 6) is 2.42. The maximum absolute atomic E-state index is 12.7. The SMILES string of the molecule is COc1cc2ncnc(Nc3ccc(S(=O)(=O)Nc4cc(C)on4)cc3)c2cc1OCCCN1CCCC1. The number of methoxy groups -OCH3 is 1. The zero-order valence-electron chi connectivity index (χ0n) is 21.3. The second kappa shape index (κ2) is 11.2. The van der Waals surface area contributed by atoms with Crippen LogP contribution in [0.2, 0.25) is 0 Å². The van der Waals surface area contributed by atoms with Gasteiger partial charge in [-0.1, -0.05) is 5.16 Å². The second-order valence-corrected chi connectivity index (χ2v) is 10.8. The van der Waals surface area contributed by atoms with E-state index in [1.807, 2.05) is 12.1 Å². The van der Waals surface area contributed by atoms with Crippen LogP contribution in [0.4, 0.5) is 17.3 Å². The number of aryl methyl sites for hydroxylation is 1. The Morgan fingerprint density at radius 3 is 2.55 bits per heavy atom. The van der Waals surface area contributed by atoms with Gasteiger partial charge in [0.25, 0.3) is 10.0 Å². The number of hydrogen-bond acceptors (Lipinski definition) is 10. The average molecular weight is 539 g/mol. The molecule has 0 atom stereocenters. The van der Waals surface area contributed by atoms with E-state index in [1.165, 1.54) is 37.4 Å². The molecule has 1 saturated heterocycles. The Balaban J connectivity index is 1.31. The summed E-state index contributed by atoms with van der Waals surface area (Å²) in [6.45, 7) is 5.60. The maximum Gasteiger partial charge on any atom is 0.263 e. The molecule has 0 amide bonds. The topological polar surface area (TPSA) is 132 Å². The molecule has 0 unspecified atom stereocenters. The molecule has 5 rings (SSSR count). The smallest absolute Gasteiger partial charge is 0.263 e. The number of likely N-dealkylation sites (tertiary alicyclic amines) is 1. The van der Waals surface area contributed by atoms with E-state index in [0.29, 0.717) is 40.9 Å². The third-order valence-electron chi connectivity index (χ3n) is 6.29. The van der Waals surface area contributed by atoms with Crippen LogP contribution in [0.1, 0.15) is 25.0 Å². The molecule has 3 heterocycles. The van der Waals surface area contributed by atoms with Gasteiger partial charge in [0.1, 0.15) is 17.9 Å². The van der Waals surface area contributed by atoms with Crippen LogP contribution < -0.4 is 19.5 Å². The van der Waals surface area contributed by atoms with Crippen molar-refractivity contribution in [2.75, 3.05) is 43.4 Å². The molecule has 1 aliphatic rings. The normalized spacial score (nSPS) is 14.1. The van der Waals surface area contributed by atoms with Gasteiger partial charge in [-0.25, -0.2) is 18.4 Å². The number of hydrogen-bond donors (Lipinski definition) is 2. The predicted molar refractivity (Wildman–Crippen MR) is 144 cm³/mol. The first-order chi connectivity index (χ1) is 18.4. The fourth-order valence-corrected chi connectivity index (χ4v) is 5.36. The second-order valence-electron chi connectivity index (χ2n) is 9.07. The molecule has 2 aromatic heterocycles. The summed E-state index contributed by atoms with van der Waals surface area (Å²) in [5.41, 5.74) is 1.35. The minimum absolute atomic E-state index is 0.0885. The molecule has 0 bridgehead atoms. The molecule has 0 spiro atoms. The van der Waals surface area contributed by atoms with E-state index in [2.05, 4.69) is 30.1 Å². The lowest BCUT2D eigenvalue weighted by molar-refractivity contribution is 0.254. The Hall–Kier alpha value is -3.90. The van der Waals surface area contributed by atoms with Gasteiger partial charge >= 0.3 is 0 Å². The average Bonchev–Trinajstić information content (AvgIpc) is 3.58. The zero-order chi connectivity index (χ0) is 26.5. The molecule has 200 valence electrons. The van der Waals surface area contributed by atoms with Crippen LogP contribution in [0, 0.1) is 6.92 Å². The number of nitrogens with zero attached hydrogens (tertiary/aromatic N) is 4. The molecule has 2 aromatic carbocycles. The van der Waals surface area contributed by atoms with Crippen LogP contribution >= 0.6 is 0 Å². The fraction of sp³-hybridized carbons (Fsp3) is 0.346. The third-order valence-corrected chi connectivity index (χ3v) is 7.66. The highest BCUT2D eigenvalue weighted by Gasteiger charge is 2.17. The first-order valence-corrected chi connectivity index (χ1v) is 13.9. The summed E-state index contributed by atoms with van der Waals surface area (Å²) in [6.07, 6.45) is 4.93. The standard InChI is InChI=1S/C26H30N6O5S/c1-18-14-25(30-37-18)31-38(33,34)20-8-6-19(7-9-20)29-26-21-15-24(23(35-2)16-22(21)27-17-28-26)36-13-5-12-32-10-3-4-11-32/h6-9,14-17H,3-5,10-13H2,1-2H3,(H,30,31)(H,27,28,29). The summed E-state index contributed by atoms with van der Waals surface area (Å²) in [7, 11) is -2.21. The van der Waals surface area contributed by atoms with Gasteiger partial charge in [0.05, 0.1) is 24.1 Å². The van der Waals surface area contributed by atoms with Crippen molar-refractivity contribution in [3.8, 4) is 11.5 Å². The van der Waals surface area contributed by atoms with Gasteiger partial charge < -0.3 is 24.2 Å². The molecular weight excluding hydrogens is 508 g/mol. The summed E-state index contributed by atoms with van der Waals surface area (Å²) in [6, 6.07) is 11.5. The van der Waals surface area contributed by atoms with E-state index in [0.717, 1.165) is 31.4 Å². The molecular formula is C26H30N6O5S. The summed E-state index contributed by atoms with van der Waals surface area (Å²) >= 11 is 0. The van der Waals surface area contributed by atoms with E-state index in [1.54, 1.807) is 26.2 Å². The Morgan fingerprint density at radius 2 is 1.84 bits per heavy atom. The minimum atomic E-state index is -3.81. The number of ether oxygens (including phenoxy) is 2. The van der Waals surface area contributed by atoms with E-state index >= 15 is 0 Å². The van der Waals surface area contributed by atoms with E-state index in [4.69, 9.17) is 14.0 Å². The molecule has 1 aliphatic heterocycles. The highest BCUT2D eigenvalue weighted by molar-refractivity contribution is 7.92. The number of aromatic nitrogens is 3. The first kappa shape index (κ1) is 25.7. The van der Waals surface area contributed by atoms with Crippen molar-refractivity contribution in [2.24, 2.45) is 0 Å². The van der Waals surface area contributed by atoms with Crippen molar-refractivity contribution in [3.05, 3.63) is 54.6 Å². The van der Waals surface area contributed by atoms with Crippen LogP contribution in [-0.4, -0.2) is 61.8 Å². The Morgan fingerprint density at radius 1 is 1.05 bits per heavy atom. The molecule has 38 heavy (non-hydrogen) atoms. The largest absolute Gasteiger partial charge is 0.493 e. The monoisotopic (exact) mass is 538 g/mol. The van der Waals surface area contributed by atoms with Gasteiger partial charge in [0.2, 0.25) is 0 Å². The molecule has 11 nitrogen and oxygen atoms in total. The van der Waals surface area contributed by atoms with Crippen LogP contribution in [0.25, 0.3) is 10.9 Å². The Bertz CT molecular complexity index is 1500. The van der Waals surface area contributed by atoms with Gasteiger partial charge in [0.15, 0.2) is 17.3 Å². The number of anilines is 3. The van der Waals surface area contributed by atoms with Crippen LogP contribution in [0.3, 0.4) is 0 Å². The van der Waals surface area contributed by atoms with Crippen molar-refractivity contribution >= 4 is 38.2 Å². The zero-order valence-corrected chi connectivity index (χ0v) is 22.1. The summed E-state index contributed by atoms with van der Waals surface area (Å²) in [5, 5.41) is 7.68. The van der Waals surface area contributed by atoms with E-state index in [9.17, 15) is 8.42 Å². The predicted octanol–water partition coefficient (Wildman–Crippen LogP) is 4.34. The number of rotatable bonds is 11. The Kier molecular flexibility index (Phi) is 7.61. The highest BCUT2D eigenvalue weighted by Crippen LogP contribution is 2.35. The lowest BCUT2D eigenvalue weighted by atomic mass is 10.2. The molecule has 12 heteroatoms. The molecule has 2 N–H and O–H groups in total. The van der Waals surface area contributed by atoms with Gasteiger partial charge in [-0.15, -0.1) is 0 Å². The number of nitrogens with one attached hydrogen (secondary N) is 2. The van der Waals surface area contributed by atoms with Gasteiger partial charge in [0, 0.05) is 29.8 Å². The van der Waals surface area contributed by atoms with Crippen molar-refractivity contribution < 1.29 is 22.4 Å². The van der Waals surface area contributed by atoms with Crippen LogP contribution in [0.15, 0.2) is 58.2 Å². The van der Waals surface area contributed by atoms with Crippen molar-refractivity contribution in [1.82, 2.24) is 20.0 Å². The first-order valence-electron chi connectivity index (χ1n) is 12.4. The van der Waals surface area contributed by atoms with Crippen LogP contribution in [-0.2, 0) is 10.0 Å².